The molecule has 0 fully saturated rings. The van der Waals surface area contributed by atoms with Crippen molar-refractivity contribution >= 4 is 27.8 Å². The third-order valence-electron chi connectivity index (χ3n) is 3.27. The lowest BCUT2D eigenvalue weighted by Crippen LogP contribution is -2.24. The first-order valence-corrected chi connectivity index (χ1v) is 8.21. The standard InChI is InChI=1S/C16H21BrFNO3/c17-14-8-7-13(18)11-12(14)6-9-15(20)19-10-4-2-1-3-5-16(21)22/h7-8,11H,1-6,9-10H2,(H,19,20)(H,21,22). The van der Waals surface area contributed by atoms with E-state index in [2.05, 4.69) is 21.2 Å². The van der Waals surface area contributed by atoms with Crippen LogP contribution in [0.2, 0.25) is 0 Å². The molecule has 0 aromatic heterocycles. The molecule has 4 nitrogen and oxygen atoms in total. The highest BCUT2D eigenvalue weighted by Crippen LogP contribution is 2.19. The van der Waals surface area contributed by atoms with E-state index < -0.39 is 5.97 Å². The molecular formula is C16H21BrFNO3. The van der Waals surface area contributed by atoms with Gasteiger partial charge in [-0.15, -0.1) is 0 Å². The zero-order valence-electron chi connectivity index (χ0n) is 12.4. The van der Waals surface area contributed by atoms with Crippen molar-refractivity contribution < 1.29 is 19.1 Å². The SMILES string of the molecule is O=C(O)CCCCCCNC(=O)CCc1cc(F)ccc1Br. The van der Waals surface area contributed by atoms with Crippen molar-refractivity contribution in [3.8, 4) is 0 Å². The van der Waals surface area contributed by atoms with E-state index >= 15 is 0 Å². The number of carbonyl (C=O) groups excluding carboxylic acids is 1. The fourth-order valence-electron chi connectivity index (χ4n) is 2.05. The van der Waals surface area contributed by atoms with Gasteiger partial charge in [0, 0.05) is 23.9 Å². The number of carboxylic acid groups (broad SMARTS) is 1. The molecule has 0 aliphatic rings. The maximum absolute atomic E-state index is 13.1. The summed E-state index contributed by atoms with van der Waals surface area (Å²) in [6.07, 6.45) is 4.30. The summed E-state index contributed by atoms with van der Waals surface area (Å²) in [5.74, 6) is -1.13. The molecule has 122 valence electrons. The Hall–Kier alpha value is -1.43. The highest BCUT2D eigenvalue weighted by atomic mass is 79.9. The Morgan fingerprint density at radius 2 is 1.86 bits per heavy atom. The number of aryl methyl sites for hydroxylation is 1. The molecule has 0 radical (unpaired) electrons. The van der Waals surface area contributed by atoms with Gasteiger partial charge in [-0.25, -0.2) is 4.39 Å². The van der Waals surface area contributed by atoms with Gasteiger partial charge < -0.3 is 10.4 Å². The second kappa shape index (κ2) is 10.3. The molecule has 0 bridgehead atoms. The quantitative estimate of drug-likeness (QED) is 0.614. The summed E-state index contributed by atoms with van der Waals surface area (Å²) in [6, 6.07) is 4.44. The predicted molar refractivity (Wildman–Crippen MR) is 86.2 cm³/mol. The predicted octanol–water partition coefficient (Wildman–Crippen LogP) is 3.67. The van der Waals surface area contributed by atoms with Crippen molar-refractivity contribution in [1.82, 2.24) is 5.32 Å². The van der Waals surface area contributed by atoms with Crippen LogP contribution in [-0.4, -0.2) is 23.5 Å². The molecule has 1 amide bonds. The van der Waals surface area contributed by atoms with Gasteiger partial charge in [0.2, 0.25) is 5.91 Å². The van der Waals surface area contributed by atoms with E-state index in [9.17, 15) is 14.0 Å². The third-order valence-corrected chi connectivity index (χ3v) is 4.04. The molecule has 0 atom stereocenters. The number of halogens is 2. The number of carbonyl (C=O) groups is 2. The van der Waals surface area contributed by atoms with Crippen molar-refractivity contribution in [3.63, 3.8) is 0 Å². The maximum Gasteiger partial charge on any atom is 0.303 e. The summed E-state index contributed by atoms with van der Waals surface area (Å²) in [4.78, 5) is 22.0. The normalized spacial score (nSPS) is 10.5. The first-order valence-electron chi connectivity index (χ1n) is 7.41. The Labute approximate surface area is 138 Å². The van der Waals surface area contributed by atoms with Crippen LogP contribution in [0, 0.1) is 5.82 Å². The number of unbranched alkanes of at least 4 members (excludes halogenated alkanes) is 3. The summed E-state index contributed by atoms with van der Waals surface area (Å²) >= 11 is 3.34. The molecule has 2 N–H and O–H groups in total. The largest absolute Gasteiger partial charge is 0.481 e. The number of hydrogen-bond acceptors (Lipinski definition) is 2. The van der Waals surface area contributed by atoms with Gasteiger partial charge in [-0.1, -0.05) is 28.8 Å². The summed E-state index contributed by atoms with van der Waals surface area (Å²) in [6.45, 7) is 0.593. The number of aliphatic carboxylic acids is 1. The lowest BCUT2D eigenvalue weighted by Gasteiger charge is -2.07. The molecule has 0 saturated heterocycles. The molecule has 6 heteroatoms. The molecule has 1 rings (SSSR count). The summed E-state index contributed by atoms with van der Waals surface area (Å²) < 4.78 is 13.9. The molecule has 0 aliphatic heterocycles. The molecule has 0 saturated carbocycles. The van der Waals surface area contributed by atoms with Crippen LogP contribution in [0.25, 0.3) is 0 Å². The van der Waals surface area contributed by atoms with Gasteiger partial charge in [0.1, 0.15) is 5.82 Å². The van der Waals surface area contributed by atoms with Crippen LogP contribution in [-0.2, 0) is 16.0 Å². The number of nitrogens with one attached hydrogen (secondary N) is 1. The third kappa shape index (κ3) is 8.12. The molecular weight excluding hydrogens is 353 g/mol. The highest BCUT2D eigenvalue weighted by Gasteiger charge is 2.06. The molecule has 22 heavy (non-hydrogen) atoms. The lowest BCUT2D eigenvalue weighted by atomic mass is 10.1. The molecule has 0 unspecified atom stereocenters. The van der Waals surface area contributed by atoms with Crippen LogP contribution < -0.4 is 5.32 Å². The Balaban J connectivity index is 2.11. The minimum atomic E-state index is -0.767. The Morgan fingerprint density at radius 1 is 1.14 bits per heavy atom. The van der Waals surface area contributed by atoms with E-state index in [-0.39, 0.29) is 18.1 Å². The number of carboxylic acids is 1. The topological polar surface area (TPSA) is 66.4 Å². The van der Waals surface area contributed by atoms with Gasteiger partial charge in [-0.05, 0) is 43.0 Å². The Bertz CT molecular complexity index is 508. The van der Waals surface area contributed by atoms with Gasteiger partial charge in [0.15, 0.2) is 0 Å². The van der Waals surface area contributed by atoms with Gasteiger partial charge in [0.25, 0.3) is 0 Å². The molecule has 1 aromatic rings. The average Bonchev–Trinajstić information content (AvgIpc) is 2.47. The lowest BCUT2D eigenvalue weighted by molar-refractivity contribution is -0.137. The van der Waals surface area contributed by atoms with E-state index in [1.54, 1.807) is 6.07 Å². The van der Waals surface area contributed by atoms with Crippen molar-refractivity contribution in [1.29, 1.82) is 0 Å². The van der Waals surface area contributed by atoms with Crippen LogP contribution in [0.5, 0.6) is 0 Å². The van der Waals surface area contributed by atoms with Gasteiger partial charge in [-0.3, -0.25) is 9.59 Å². The fraction of sp³-hybridized carbons (Fsp3) is 0.500. The maximum atomic E-state index is 13.1. The number of benzene rings is 1. The number of hydrogen-bond donors (Lipinski definition) is 2. The van der Waals surface area contributed by atoms with E-state index in [4.69, 9.17) is 5.11 Å². The van der Waals surface area contributed by atoms with Crippen molar-refractivity contribution in [2.24, 2.45) is 0 Å². The van der Waals surface area contributed by atoms with Crippen molar-refractivity contribution in [2.75, 3.05) is 6.54 Å². The van der Waals surface area contributed by atoms with Crippen LogP contribution in [0.1, 0.15) is 44.1 Å². The van der Waals surface area contributed by atoms with Gasteiger partial charge in [-0.2, -0.15) is 0 Å². The second-order valence-corrected chi connectivity index (χ2v) is 6.00. The minimum absolute atomic E-state index is 0.0540. The van der Waals surface area contributed by atoms with E-state index in [1.807, 2.05) is 0 Å². The fourth-order valence-corrected chi connectivity index (χ4v) is 2.50. The van der Waals surface area contributed by atoms with Crippen LogP contribution in [0.4, 0.5) is 4.39 Å². The first kappa shape index (κ1) is 18.6. The van der Waals surface area contributed by atoms with Crippen molar-refractivity contribution in [2.45, 2.75) is 44.9 Å². The van der Waals surface area contributed by atoms with Crippen LogP contribution >= 0.6 is 15.9 Å². The Kier molecular flexibility index (Phi) is 8.74. The average molecular weight is 374 g/mol. The minimum Gasteiger partial charge on any atom is -0.481 e. The number of amides is 1. The van der Waals surface area contributed by atoms with E-state index in [0.29, 0.717) is 25.8 Å². The molecule has 0 aliphatic carbocycles. The van der Waals surface area contributed by atoms with Gasteiger partial charge >= 0.3 is 5.97 Å². The first-order chi connectivity index (χ1) is 10.5. The summed E-state index contributed by atoms with van der Waals surface area (Å²) in [7, 11) is 0. The van der Waals surface area contributed by atoms with E-state index in [0.717, 1.165) is 29.3 Å². The molecule has 1 aromatic carbocycles. The monoisotopic (exact) mass is 373 g/mol. The van der Waals surface area contributed by atoms with Crippen LogP contribution in [0.3, 0.4) is 0 Å². The summed E-state index contributed by atoms with van der Waals surface area (Å²) in [5.41, 5.74) is 0.781. The van der Waals surface area contributed by atoms with E-state index in [1.165, 1.54) is 12.1 Å². The van der Waals surface area contributed by atoms with Crippen LogP contribution in [0.15, 0.2) is 22.7 Å². The highest BCUT2D eigenvalue weighted by molar-refractivity contribution is 9.10. The number of rotatable bonds is 10. The molecule has 0 spiro atoms. The zero-order valence-corrected chi connectivity index (χ0v) is 14.0. The van der Waals surface area contributed by atoms with Gasteiger partial charge in [0.05, 0.1) is 0 Å². The Morgan fingerprint density at radius 3 is 2.59 bits per heavy atom. The zero-order chi connectivity index (χ0) is 16.4. The second-order valence-electron chi connectivity index (χ2n) is 5.14. The van der Waals surface area contributed by atoms with Crippen molar-refractivity contribution in [3.05, 3.63) is 34.1 Å². The summed E-state index contributed by atoms with van der Waals surface area (Å²) in [5, 5.41) is 11.3. The smallest absolute Gasteiger partial charge is 0.303 e. The molecule has 0 heterocycles.